The Labute approximate surface area is 99.1 Å². The topological polar surface area (TPSA) is 38.4 Å². The first-order valence-electron chi connectivity index (χ1n) is 5.52. The van der Waals surface area contributed by atoms with Crippen LogP contribution in [0.15, 0.2) is 28.9 Å². The molecule has 17 heavy (non-hydrogen) atoms. The maximum Gasteiger partial charge on any atom is 0.395 e. The number of hydrogen-bond donors (Lipinski definition) is 1. The van der Waals surface area contributed by atoms with Gasteiger partial charge >= 0.3 is 6.18 Å². The smallest absolute Gasteiger partial charge is 0.387 e. The normalized spacial score (nSPS) is 26.3. The van der Waals surface area contributed by atoms with Crippen LogP contribution in [0.2, 0.25) is 0 Å². The minimum absolute atomic E-state index is 0.0833. The van der Waals surface area contributed by atoms with Crippen molar-refractivity contribution in [1.82, 2.24) is 0 Å². The summed E-state index contributed by atoms with van der Waals surface area (Å²) < 4.78 is 37.7. The maximum atomic E-state index is 12.6. The van der Waals surface area contributed by atoms with Gasteiger partial charge in [0.25, 0.3) is 0 Å². The summed E-state index contributed by atoms with van der Waals surface area (Å²) in [7, 11) is 0. The maximum absolute atomic E-state index is 12.6. The molecular formula is C12H17F3N2. The molecule has 2 atom stereocenters. The van der Waals surface area contributed by atoms with E-state index < -0.39 is 18.0 Å². The molecule has 0 radical (unpaired) electrons. The number of alkyl halides is 3. The highest BCUT2D eigenvalue weighted by molar-refractivity contribution is 5.83. The molecule has 1 aliphatic rings. The summed E-state index contributed by atoms with van der Waals surface area (Å²) in [4.78, 5) is 4.10. The zero-order chi connectivity index (χ0) is 13.2. The van der Waals surface area contributed by atoms with Crippen molar-refractivity contribution in [2.24, 2.45) is 28.5 Å². The van der Waals surface area contributed by atoms with Gasteiger partial charge in [0.2, 0.25) is 0 Å². The first kappa shape index (κ1) is 13.8. The van der Waals surface area contributed by atoms with Gasteiger partial charge in [0.05, 0.1) is 11.6 Å². The zero-order valence-corrected chi connectivity index (χ0v) is 10.1. The molecule has 2 nitrogen and oxygen atoms in total. The molecule has 0 aromatic carbocycles. The molecule has 0 aliphatic heterocycles. The third-order valence-electron chi connectivity index (χ3n) is 2.70. The molecule has 0 aromatic rings. The van der Waals surface area contributed by atoms with Gasteiger partial charge in [0.15, 0.2) is 0 Å². The fourth-order valence-electron chi connectivity index (χ4n) is 1.57. The van der Waals surface area contributed by atoms with Crippen molar-refractivity contribution >= 4 is 5.84 Å². The Morgan fingerprint density at radius 1 is 1.41 bits per heavy atom. The van der Waals surface area contributed by atoms with Crippen molar-refractivity contribution in [3.05, 3.63) is 23.9 Å². The van der Waals surface area contributed by atoms with E-state index in [2.05, 4.69) is 4.99 Å². The van der Waals surface area contributed by atoms with Crippen LogP contribution < -0.4 is 5.73 Å². The average molecular weight is 246 g/mol. The second-order valence-corrected chi connectivity index (χ2v) is 4.57. The summed E-state index contributed by atoms with van der Waals surface area (Å²) in [6, 6.07) is 0. The van der Waals surface area contributed by atoms with Gasteiger partial charge in [-0.15, -0.1) is 0 Å². The Bertz CT molecular complexity index is 364. The van der Waals surface area contributed by atoms with E-state index in [-0.39, 0.29) is 5.92 Å². The van der Waals surface area contributed by atoms with E-state index in [9.17, 15) is 13.2 Å². The van der Waals surface area contributed by atoms with Gasteiger partial charge in [0.1, 0.15) is 5.84 Å². The number of aliphatic imine (C=N–C) groups is 1. The highest BCUT2D eigenvalue weighted by Crippen LogP contribution is 2.36. The van der Waals surface area contributed by atoms with Crippen molar-refractivity contribution in [2.45, 2.75) is 26.9 Å². The molecule has 0 amide bonds. The predicted molar refractivity (Wildman–Crippen MR) is 62.4 cm³/mol. The van der Waals surface area contributed by atoms with E-state index >= 15 is 0 Å². The quantitative estimate of drug-likeness (QED) is 0.589. The molecule has 5 heteroatoms. The van der Waals surface area contributed by atoms with Crippen LogP contribution in [0.4, 0.5) is 13.2 Å². The Morgan fingerprint density at radius 3 is 2.41 bits per heavy atom. The van der Waals surface area contributed by atoms with E-state index in [0.29, 0.717) is 11.5 Å². The average Bonchev–Trinajstić information content (AvgIpc) is 2.15. The molecular weight excluding hydrogens is 229 g/mol. The highest BCUT2D eigenvalue weighted by atomic mass is 19.4. The van der Waals surface area contributed by atoms with Crippen molar-refractivity contribution < 1.29 is 13.2 Å². The van der Waals surface area contributed by atoms with E-state index in [1.54, 1.807) is 0 Å². The van der Waals surface area contributed by atoms with Crippen molar-refractivity contribution in [1.29, 1.82) is 0 Å². The summed E-state index contributed by atoms with van der Waals surface area (Å²) in [5.74, 6) is -1.53. The molecule has 1 aliphatic carbocycles. The Balaban J connectivity index is 2.85. The number of hydrogen-bond acceptors (Lipinski definition) is 1. The molecule has 0 heterocycles. The Hall–Kier alpha value is -1.26. The summed E-state index contributed by atoms with van der Waals surface area (Å²) >= 11 is 0. The summed E-state index contributed by atoms with van der Waals surface area (Å²) in [6.07, 6.45) is -0.164. The van der Waals surface area contributed by atoms with Crippen LogP contribution in [0.25, 0.3) is 0 Å². The first-order chi connectivity index (χ1) is 7.71. The molecule has 0 saturated heterocycles. The van der Waals surface area contributed by atoms with Crippen molar-refractivity contribution in [3.8, 4) is 0 Å². The lowest BCUT2D eigenvalue weighted by Crippen LogP contribution is -2.28. The van der Waals surface area contributed by atoms with Gasteiger partial charge in [-0.25, -0.2) is 4.99 Å². The molecule has 2 unspecified atom stereocenters. The summed E-state index contributed by atoms with van der Waals surface area (Å²) in [5.41, 5.74) is 6.17. The van der Waals surface area contributed by atoms with Crippen LogP contribution in [0.3, 0.4) is 0 Å². The zero-order valence-electron chi connectivity index (χ0n) is 10.1. The van der Waals surface area contributed by atoms with Gasteiger partial charge in [-0.2, -0.15) is 13.2 Å². The third kappa shape index (κ3) is 3.61. The highest BCUT2D eigenvalue weighted by Gasteiger charge is 2.41. The predicted octanol–water partition coefficient (Wildman–Crippen LogP) is 3.27. The molecule has 2 N–H and O–H groups in total. The molecule has 1 rings (SSSR count). The molecule has 0 aromatic heterocycles. The minimum atomic E-state index is -4.20. The van der Waals surface area contributed by atoms with Gasteiger partial charge in [-0.05, 0) is 12.0 Å². The SMILES string of the molecule is CC(C)C(N)=NC1=CC(C)C(C(F)(F)F)C=C1. The summed E-state index contributed by atoms with van der Waals surface area (Å²) in [5, 5.41) is 0. The molecule has 0 fully saturated rings. The van der Waals surface area contributed by atoms with Crippen LogP contribution in [0.5, 0.6) is 0 Å². The lowest BCUT2D eigenvalue weighted by atomic mass is 9.88. The number of nitrogens with zero attached hydrogens (tertiary/aromatic N) is 1. The van der Waals surface area contributed by atoms with Crippen molar-refractivity contribution in [3.63, 3.8) is 0 Å². The number of allylic oxidation sites excluding steroid dienone is 3. The van der Waals surface area contributed by atoms with Gasteiger partial charge in [-0.1, -0.05) is 32.9 Å². The summed E-state index contributed by atoms with van der Waals surface area (Å²) in [6.45, 7) is 5.30. The number of halogens is 3. The number of nitrogens with two attached hydrogens (primary N) is 1. The van der Waals surface area contributed by atoms with Crippen LogP contribution >= 0.6 is 0 Å². The molecule has 96 valence electrons. The van der Waals surface area contributed by atoms with E-state index in [1.807, 2.05) is 13.8 Å². The van der Waals surface area contributed by atoms with Crippen LogP contribution in [-0.4, -0.2) is 12.0 Å². The fraction of sp³-hybridized carbons (Fsp3) is 0.583. The van der Waals surface area contributed by atoms with Crippen molar-refractivity contribution in [2.75, 3.05) is 0 Å². The molecule has 0 saturated carbocycles. The Kier molecular flexibility index (Phi) is 4.01. The van der Waals surface area contributed by atoms with Crippen LogP contribution in [0.1, 0.15) is 20.8 Å². The fourth-order valence-corrected chi connectivity index (χ4v) is 1.57. The lowest BCUT2D eigenvalue weighted by Gasteiger charge is -2.24. The number of amidine groups is 1. The largest absolute Gasteiger partial charge is 0.395 e. The van der Waals surface area contributed by atoms with E-state index in [1.165, 1.54) is 19.1 Å². The van der Waals surface area contributed by atoms with E-state index in [0.717, 1.165) is 6.08 Å². The molecule has 0 spiro atoms. The number of rotatable bonds is 2. The van der Waals surface area contributed by atoms with Gasteiger partial charge in [0, 0.05) is 5.92 Å². The monoisotopic (exact) mass is 246 g/mol. The van der Waals surface area contributed by atoms with Crippen LogP contribution in [0, 0.1) is 17.8 Å². The molecule has 0 bridgehead atoms. The third-order valence-corrected chi connectivity index (χ3v) is 2.70. The standard InChI is InChI=1S/C12H17F3N2/c1-7(2)11(16)17-9-4-5-10(8(3)6-9)12(13,14)15/h4-8,10H,1-3H3,(H2,16,17). The Morgan fingerprint density at radius 2 is 2.00 bits per heavy atom. The van der Waals surface area contributed by atoms with Gasteiger partial charge < -0.3 is 5.73 Å². The first-order valence-corrected chi connectivity index (χ1v) is 5.52. The lowest BCUT2D eigenvalue weighted by molar-refractivity contribution is -0.169. The van der Waals surface area contributed by atoms with Gasteiger partial charge in [-0.3, -0.25) is 0 Å². The second kappa shape index (κ2) is 4.94. The second-order valence-electron chi connectivity index (χ2n) is 4.57. The minimum Gasteiger partial charge on any atom is -0.387 e. The van der Waals surface area contributed by atoms with Crippen LogP contribution in [-0.2, 0) is 0 Å². The van der Waals surface area contributed by atoms with E-state index in [4.69, 9.17) is 5.73 Å².